The first-order chi connectivity index (χ1) is 14.0. The molecular formula is C20H20ClN5O2S. The van der Waals surface area contributed by atoms with E-state index in [9.17, 15) is 9.59 Å². The molecule has 3 aromatic rings. The predicted octanol–water partition coefficient (Wildman–Crippen LogP) is 3.48. The summed E-state index contributed by atoms with van der Waals surface area (Å²) in [6.45, 7) is 4.69. The maximum Gasteiger partial charge on any atom is 0.271 e. The smallest absolute Gasteiger partial charge is 0.271 e. The third kappa shape index (κ3) is 5.16. The van der Waals surface area contributed by atoms with Gasteiger partial charge in [-0.25, -0.2) is 0 Å². The van der Waals surface area contributed by atoms with Crippen LogP contribution in [0.5, 0.6) is 0 Å². The van der Waals surface area contributed by atoms with Crippen molar-refractivity contribution in [3.8, 4) is 11.4 Å². The average molecular weight is 430 g/mol. The largest absolute Gasteiger partial charge is 0.302 e. The Bertz CT molecular complexity index is 1040. The maximum absolute atomic E-state index is 12.1. The summed E-state index contributed by atoms with van der Waals surface area (Å²) in [6, 6.07) is 14.6. The van der Waals surface area contributed by atoms with Crippen molar-refractivity contribution in [2.45, 2.75) is 25.5 Å². The van der Waals surface area contributed by atoms with Crippen LogP contribution in [0.1, 0.15) is 22.8 Å². The van der Waals surface area contributed by atoms with Crippen LogP contribution < -0.4 is 10.9 Å². The summed E-state index contributed by atoms with van der Waals surface area (Å²) < 4.78 is 1.95. The second-order valence-electron chi connectivity index (χ2n) is 6.19. The molecule has 0 bridgehead atoms. The van der Waals surface area contributed by atoms with Crippen LogP contribution in [0.3, 0.4) is 0 Å². The number of carbonyl (C=O) groups excluding carboxylic acids is 2. The van der Waals surface area contributed by atoms with Crippen molar-refractivity contribution in [1.82, 2.24) is 25.6 Å². The van der Waals surface area contributed by atoms with E-state index in [-0.39, 0.29) is 17.2 Å². The van der Waals surface area contributed by atoms with Gasteiger partial charge in [0.05, 0.1) is 16.3 Å². The van der Waals surface area contributed by atoms with Crippen molar-refractivity contribution >= 4 is 35.2 Å². The molecule has 2 amide bonds. The molecule has 0 spiro atoms. The fourth-order valence-corrected chi connectivity index (χ4v) is 3.71. The first-order valence-electron chi connectivity index (χ1n) is 8.96. The number of carbonyl (C=O) groups is 2. The summed E-state index contributed by atoms with van der Waals surface area (Å²) in [7, 11) is 0. The zero-order valence-electron chi connectivity index (χ0n) is 16.0. The van der Waals surface area contributed by atoms with E-state index in [4.69, 9.17) is 11.6 Å². The second-order valence-corrected chi connectivity index (χ2v) is 7.54. The van der Waals surface area contributed by atoms with Crippen LogP contribution in [0, 0.1) is 6.92 Å². The molecule has 1 aromatic heterocycles. The second kappa shape index (κ2) is 9.58. The highest BCUT2D eigenvalue weighted by atomic mass is 35.5. The number of hydrazine groups is 1. The van der Waals surface area contributed by atoms with E-state index in [0.717, 1.165) is 17.0 Å². The van der Waals surface area contributed by atoms with Crippen LogP contribution in [0.15, 0.2) is 53.7 Å². The Kier molecular flexibility index (Phi) is 6.90. The van der Waals surface area contributed by atoms with Gasteiger partial charge in [0, 0.05) is 12.1 Å². The molecule has 0 atom stereocenters. The number of halogens is 1. The Labute approximate surface area is 177 Å². The van der Waals surface area contributed by atoms with E-state index >= 15 is 0 Å². The average Bonchev–Trinajstić information content (AvgIpc) is 3.13. The van der Waals surface area contributed by atoms with Crippen molar-refractivity contribution < 1.29 is 9.59 Å². The number of aromatic nitrogens is 3. The number of nitrogens with one attached hydrogen (secondary N) is 2. The van der Waals surface area contributed by atoms with Gasteiger partial charge in [-0.3, -0.25) is 20.4 Å². The zero-order valence-corrected chi connectivity index (χ0v) is 17.5. The highest BCUT2D eigenvalue weighted by Crippen LogP contribution is 2.24. The normalized spacial score (nSPS) is 10.6. The van der Waals surface area contributed by atoms with Crippen molar-refractivity contribution in [3.05, 3.63) is 64.7 Å². The van der Waals surface area contributed by atoms with Crippen LogP contribution in [0.2, 0.25) is 5.02 Å². The predicted molar refractivity (Wildman–Crippen MR) is 114 cm³/mol. The third-order valence-electron chi connectivity index (χ3n) is 4.08. The standard InChI is InChI=1S/C20H20ClN5O2S/c1-3-26-18(14-8-6-7-13(2)11-14)23-25-20(26)29-12-17(27)22-24-19(28)15-9-4-5-10-16(15)21/h4-11H,3,12H2,1-2H3,(H,22,27)(H,24,28). The van der Waals surface area contributed by atoms with Gasteiger partial charge in [-0.05, 0) is 32.0 Å². The lowest BCUT2D eigenvalue weighted by atomic mass is 10.1. The van der Waals surface area contributed by atoms with Crippen LogP contribution in [0.4, 0.5) is 0 Å². The Balaban J connectivity index is 1.59. The number of amides is 2. The summed E-state index contributed by atoms with van der Waals surface area (Å²) in [6.07, 6.45) is 0. The number of hydrogen-bond acceptors (Lipinski definition) is 5. The molecular weight excluding hydrogens is 410 g/mol. The van der Waals surface area contributed by atoms with E-state index in [0.29, 0.717) is 16.7 Å². The quantitative estimate of drug-likeness (QED) is 0.462. The van der Waals surface area contributed by atoms with Gasteiger partial charge in [0.25, 0.3) is 5.91 Å². The first kappa shape index (κ1) is 20.9. The summed E-state index contributed by atoms with van der Waals surface area (Å²) in [5.74, 6) is -0.00826. The lowest BCUT2D eigenvalue weighted by Crippen LogP contribution is -2.42. The van der Waals surface area contributed by atoms with Crippen molar-refractivity contribution in [3.63, 3.8) is 0 Å². The minimum absolute atomic E-state index is 0.0781. The zero-order chi connectivity index (χ0) is 20.8. The topological polar surface area (TPSA) is 88.9 Å². The molecule has 0 radical (unpaired) electrons. The van der Waals surface area contributed by atoms with Crippen LogP contribution in [-0.2, 0) is 11.3 Å². The van der Waals surface area contributed by atoms with Gasteiger partial charge in [0.15, 0.2) is 11.0 Å². The van der Waals surface area contributed by atoms with E-state index in [1.54, 1.807) is 24.3 Å². The molecule has 2 N–H and O–H groups in total. The number of benzene rings is 2. The highest BCUT2D eigenvalue weighted by molar-refractivity contribution is 7.99. The van der Waals surface area contributed by atoms with Crippen LogP contribution >= 0.6 is 23.4 Å². The van der Waals surface area contributed by atoms with Gasteiger partial charge in [-0.15, -0.1) is 10.2 Å². The van der Waals surface area contributed by atoms with E-state index in [1.165, 1.54) is 11.8 Å². The fourth-order valence-electron chi connectivity index (χ4n) is 2.68. The van der Waals surface area contributed by atoms with Crippen LogP contribution in [0.25, 0.3) is 11.4 Å². The van der Waals surface area contributed by atoms with Crippen molar-refractivity contribution in [2.75, 3.05) is 5.75 Å². The molecule has 0 unspecified atom stereocenters. The molecule has 9 heteroatoms. The van der Waals surface area contributed by atoms with Gasteiger partial charge in [0.1, 0.15) is 0 Å². The van der Waals surface area contributed by atoms with Gasteiger partial charge in [0.2, 0.25) is 5.91 Å². The third-order valence-corrected chi connectivity index (χ3v) is 5.37. The molecule has 29 heavy (non-hydrogen) atoms. The number of rotatable bonds is 6. The number of nitrogens with zero attached hydrogens (tertiary/aromatic N) is 3. The summed E-state index contributed by atoms with van der Waals surface area (Å²) in [5, 5.41) is 9.44. The number of thioether (sulfide) groups is 1. The molecule has 0 aliphatic carbocycles. The monoisotopic (exact) mass is 429 g/mol. The van der Waals surface area contributed by atoms with Crippen molar-refractivity contribution in [2.24, 2.45) is 0 Å². The Morgan fingerprint density at radius 1 is 1.10 bits per heavy atom. The van der Waals surface area contributed by atoms with E-state index in [2.05, 4.69) is 21.0 Å². The number of aryl methyl sites for hydroxylation is 1. The fraction of sp³-hybridized carbons (Fsp3) is 0.200. The molecule has 2 aromatic carbocycles. The summed E-state index contributed by atoms with van der Waals surface area (Å²) in [5.41, 5.74) is 7.15. The first-order valence-corrected chi connectivity index (χ1v) is 10.3. The molecule has 1 heterocycles. The van der Waals surface area contributed by atoms with E-state index < -0.39 is 5.91 Å². The molecule has 7 nitrogen and oxygen atoms in total. The minimum atomic E-state index is -0.479. The highest BCUT2D eigenvalue weighted by Gasteiger charge is 2.15. The molecule has 0 aliphatic heterocycles. The van der Waals surface area contributed by atoms with Gasteiger partial charge in [-0.2, -0.15) is 0 Å². The number of hydrogen-bond donors (Lipinski definition) is 2. The van der Waals surface area contributed by atoms with Gasteiger partial charge >= 0.3 is 0 Å². The Morgan fingerprint density at radius 3 is 2.62 bits per heavy atom. The molecule has 0 aliphatic rings. The molecule has 3 rings (SSSR count). The summed E-state index contributed by atoms with van der Waals surface area (Å²) >= 11 is 7.23. The minimum Gasteiger partial charge on any atom is -0.302 e. The Morgan fingerprint density at radius 2 is 1.90 bits per heavy atom. The molecule has 150 valence electrons. The van der Waals surface area contributed by atoms with Gasteiger partial charge < -0.3 is 4.57 Å². The van der Waals surface area contributed by atoms with Gasteiger partial charge in [-0.1, -0.05) is 59.3 Å². The van der Waals surface area contributed by atoms with Crippen molar-refractivity contribution in [1.29, 1.82) is 0 Å². The SMILES string of the molecule is CCn1c(SCC(=O)NNC(=O)c2ccccc2Cl)nnc1-c1cccc(C)c1. The van der Waals surface area contributed by atoms with Crippen LogP contribution in [-0.4, -0.2) is 32.3 Å². The lowest BCUT2D eigenvalue weighted by Gasteiger charge is -2.09. The van der Waals surface area contributed by atoms with E-state index in [1.807, 2.05) is 42.7 Å². The molecule has 0 saturated heterocycles. The lowest BCUT2D eigenvalue weighted by molar-refractivity contribution is -0.119. The molecule has 0 fully saturated rings. The maximum atomic E-state index is 12.1. The molecule has 0 saturated carbocycles. The Hall–Kier alpha value is -2.84. The summed E-state index contributed by atoms with van der Waals surface area (Å²) in [4.78, 5) is 24.2.